The van der Waals surface area contributed by atoms with Gasteiger partial charge in [0.25, 0.3) is 0 Å². The van der Waals surface area contributed by atoms with Crippen molar-refractivity contribution in [1.82, 2.24) is 0 Å². The standard InChI is InChI=1S/C9H11Cl2NO3Si/c1-16(2,3)15-7-5-4-6(10)9(8(7)11)12(13)14/h4-5H,1-3H3. The Labute approximate surface area is 104 Å². The van der Waals surface area contributed by atoms with Gasteiger partial charge in [-0.25, -0.2) is 0 Å². The average Bonchev–Trinajstić information content (AvgIpc) is 2.07. The SMILES string of the molecule is C[Si](C)(C)Oc1ccc(Cl)c([N+](=O)[O-])c1Cl. The van der Waals surface area contributed by atoms with Crippen molar-refractivity contribution in [2.45, 2.75) is 19.6 Å². The van der Waals surface area contributed by atoms with E-state index in [-0.39, 0.29) is 15.7 Å². The first-order valence-electron chi connectivity index (χ1n) is 4.54. The Kier molecular flexibility index (Phi) is 3.82. The molecule has 0 saturated carbocycles. The highest BCUT2D eigenvalue weighted by Gasteiger charge is 2.25. The van der Waals surface area contributed by atoms with Crippen molar-refractivity contribution >= 4 is 37.2 Å². The summed E-state index contributed by atoms with van der Waals surface area (Å²) in [6.07, 6.45) is 0. The van der Waals surface area contributed by atoms with Crippen LogP contribution in [0.3, 0.4) is 0 Å². The van der Waals surface area contributed by atoms with E-state index in [1.807, 2.05) is 19.6 Å². The molecule has 1 aromatic carbocycles. The highest BCUT2D eigenvalue weighted by molar-refractivity contribution is 6.70. The molecule has 0 aliphatic carbocycles. The zero-order valence-electron chi connectivity index (χ0n) is 9.08. The number of hydrogen-bond donors (Lipinski definition) is 0. The minimum Gasteiger partial charge on any atom is -0.543 e. The zero-order chi connectivity index (χ0) is 12.5. The summed E-state index contributed by atoms with van der Waals surface area (Å²) in [5.74, 6) is 0.317. The van der Waals surface area contributed by atoms with Crippen LogP contribution in [-0.2, 0) is 0 Å². The van der Waals surface area contributed by atoms with Gasteiger partial charge in [0.1, 0.15) is 10.8 Å². The van der Waals surface area contributed by atoms with E-state index in [4.69, 9.17) is 27.6 Å². The van der Waals surface area contributed by atoms with Crippen LogP contribution < -0.4 is 4.43 Å². The smallest absolute Gasteiger partial charge is 0.310 e. The van der Waals surface area contributed by atoms with E-state index in [2.05, 4.69) is 0 Å². The third kappa shape index (κ3) is 3.10. The van der Waals surface area contributed by atoms with Crippen LogP contribution in [0.5, 0.6) is 5.75 Å². The molecule has 88 valence electrons. The third-order valence-electron chi connectivity index (χ3n) is 1.63. The Morgan fingerprint density at radius 2 is 1.88 bits per heavy atom. The minimum atomic E-state index is -1.85. The fourth-order valence-corrected chi connectivity index (χ4v) is 2.54. The second kappa shape index (κ2) is 4.61. The lowest BCUT2D eigenvalue weighted by Crippen LogP contribution is -2.29. The van der Waals surface area contributed by atoms with Crippen molar-refractivity contribution in [2.24, 2.45) is 0 Å². The van der Waals surface area contributed by atoms with Gasteiger partial charge in [0, 0.05) is 0 Å². The van der Waals surface area contributed by atoms with Crippen molar-refractivity contribution in [2.75, 3.05) is 0 Å². The lowest BCUT2D eigenvalue weighted by molar-refractivity contribution is -0.384. The minimum absolute atomic E-state index is 0.0120. The molecule has 0 aliphatic rings. The van der Waals surface area contributed by atoms with Gasteiger partial charge in [-0.1, -0.05) is 23.2 Å². The monoisotopic (exact) mass is 279 g/mol. The Morgan fingerprint density at radius 3 is 2.31 bits per heavy atom. The molecule has 16 heavy (non-hydrogen) atoms. The summed E-state index contributed by atoms with van der Waals surface area (Å²) in [6.45, 7) is 5.89. The van der Waals surface area contributed by atoms with E-state index < -0.39 is 13.2 Å². The molecule has 0 fully saturated rings. The van der Waals surface area contributed by atoms with Crippen LogP contribution in [0.1, 0.15) is 0 Å². The van der Waals surface area contributed by atoms with Crippen LogP contribution in [0.4, 0.5) is 5.69 Å². The van der Waals surface area contributed by atoms with E-state index >= 15 is 0 Å². The van der Waals surface area contributed by atoms with Crippen LogP contribution in [0, 0.1) is 10.1 Å². The zero-order valence-corrected chi connectivity index (χ0v) is 11.6. The summed E-state index contributed by atoms with van der Waals surface area (Å²) in [6, 6.07) is 2.97. The summed E-state index contributed by atoms with van der Waals surface area (Å²) >= 11 is 11.6. The molecule has 1 aromatic rings. The second-order valence-corrected chi connectivity index (χ2v) is 9.39. The van der Waals surface area contributed by atoms with Gasteiger partial charge >= 0.3 is 5.69 Å². The predicted octanol–water partition coefficient (Wildman–Crippen LogP) is 4.12. The Balaban J connectivity index is 3.24. The molecule has 0 aromatic heterocycles. The van der Waals surface area contributed by atoms with Gasteiger partial charge < -0.3 is 4.43 Å². The molecule has 0 bridgehead atoms. The van der Waals surface area contributed by atoms with Crippen LogP contribution >= 0.6 is 23.2 Å². The second-order valence-electron chi connectivity index (χ2n) is 4.18. The lowest BCUT2D eigenvalue weighted by atomic mass is 10.3. The number of halogens is 2. The number of nitro benzene ring substituents is 1. The summed E-state index contributed by atoms with van der Waals surface area (Å²) < 4.78 is 5.62. The largest absolute Gasteiger partial charge is 0.543 e. The van der Waals surface area contributed by atoms with E-state index in [0.717, 1.165) is 0 Å². The highest BCUT2D eigenvalue weighted by Crippen LogP contribution is 2.39. The van der Waals surface area contributed by atoms with Gasteiger partial charge in [-0.15, -0.1) is 0 Å². The third-order valence-corrected chi connectivity index (χ3v) is 3.13. The fourth-order valence-electron chi connectivity index (χ4n) is 1.10. The molecule has 1 rings (SSSR count). The normalized spacial score (nSPS) is 11.3. The molecule has 0 spiro atoms. The molecule has 4 nitrogen and oxygen atoms in total. The number of nitrogens with zero attached hydrogens (tertiary/aromatic N) is 1. The predicted molar refractivity (Wildman–Crippen MR) is 67.1 cm³/mol. The van der Waals surface area contributed by atoms with E-state index in [1.165, 1.54) is 6.07 Å². The van der Waals surface area contributed by atoms with Gasteiger partial charge in [0.05, 0.1) is 4.92 Å². The molecular weight excluding hydrogens is 269 g/mol. The maximum absolute atomic E-state index is 10.8. The lowest BCUT2D eigenvalue weighted by Gasteiger charge is -2.20. The molecule has 0 N–H and O–H groups in total. The summed E-state index contributed by atoms with van der Waals surface area (Å²) in [5.41, 5.74) is -0.306. The summed E-state index contributed by atoms with van der Waals surface area (Å²) in [7, 11) is -1.85. The topological polar surface area (TPSA) is 52.4 Å². The van der Waals surface area contributed by atoms with Crippen LogP contribution in [0.15, 0.2) is 12.1 Å². The first-order valence-corrected chi connectivity index (χ1v) is 8.70. The first kappa shape index (κ1) is 13.3. The molecular formula is C9H11Cl2NO3Si. The Bertz CT molecular complexity index is 431. The van der Waals surface area contributed by atoms with Crippen LogP contribution in [0.2, 0.25) is 29.7 Å². The molecule has 0 saturated heterocycles. The maximum Gasteiger partial charge on any atom is 0.310 e. The Morgan fingerprint density at radius 1 is 1.31 bits per heavy atom. The summed E-state index contributed by atoms with van der Waals surface area (Å²) in [4.78, 5) is 10.1. The van der Waals surface area contributed by atoms with Crippen molar-refractivity contribution in [3.63, 3.8) is 0 Å². The van der Waals surface area contributed by atoms with Gasteiger partial charge in [-0.2, -0.15) is 0 Å². The highest BCUT2D eigenvalue weighted by atomic mass is 35.5. The molecule has 0 radical (unpaired) electrons. The number of benzene rings is 1. The van der Waals surface area contributed by atoms with Crippen molar-refractivity contribution < 1.29 is 9.35 Å². The van der Waals surface area contributed by atoms with Crippen molar-refractivity contribution in [3.8, 4) is 5.75 Å². The van der Waals surface area contributed by atoms with E-state index in [9.17, 15) is 10.1 Å². The average molecular weight is 280 g/mol. The quantitative estimate of drug-likeness (QED) is 0.475. The molecule has 0 amide bonds. The van der Waals surface area contributed by atoms with Gasteiger partial charge in [0.2, 0.25) is 8.32 Å². The van der Waals surface area contributed by atoms with E-state index in [0.29, 0.717) is 5.75 Å². The number of rotatable bonds is 3. The van der Waals surface area contributed by atoms with Gasteiger partial charge in [-0.05, 0) is 31.8 Å². The molecule has 0 atom stereocenters. The fraction of sp³-hybridized carbons (Fsp3) is 0.333. The van der Waals surface area contributed by atoms with Crippen LogP contribution in [-0.4, -0.2) is 13.2 Å². The van der Waals surface area contributed by atoms with Gasteiger partial charge in [-0.3, -0.25) is 10.1 Å². The van der Waals surface area contributed by atoms with Crippen molar-refractivity contribution in [3.05, 3.63) is 32.3 Å². The molecule has 0 unspecified atom stereocenters. The maximum atomic E-state index is 10.8. The first-order chi connectivity index (χ1) is 7.22. The Hall–Kier alpha value is -0.783. The molecule has 7 heteroatoms. The van der Waals surface area contributed by atoms with Gasteiger partial charge in [0.15, 0.2) is 5.02 Å². The van der Waals surface area contributed by atoms with Crippen LogP contribution in [0.25, 0.3) is 0 Å². The van der Waals surface area contributed by atoms with Crippen molar-refractivity contribution in [1.29, 1.82) is 0 Å². The molecule has 0 aliphatic heterocycles. The molecule has 0 heterocycles. The van der Waals surface area contributed by atoms with E-state index in [1.54, 1.807) is 6.07 Å². The summed E-state index contributed by atoms with van der Waals surface area (Å²) in [5, 5.41) is 10.7. The number of nitro groups is 1. The number of hydrogen-bond acceptors (Lipinski definition) is 3.